The summed E-state index contributed by atoms with van der Waals surface area (Å²) in [4.78, 5) is 10.6. The highest BCUT2D eigenvalue weighted by Gasteiger charge is 2.16. The molecule has 8 heteroatoms. The number of carboxylic acid groups (broad SMARTS) is 1. The Morgan fingerprint density at radius 2 is 1.33 bits per heavy atom. The van der Waals surface area contributed by atoms with Crippen LogP contribution in [0, 0.1) is 23.7 Å². The highest BCUT2D eigenvalue weighted by molar-refractivity contribution is 5.67. The van der Waals surface area contributed by atoms with Gasteiger partial charge in [-0.15, -0.1) is 0 Å². The summed E-state index contributed by atoms with van der Waals surface area (Å²) in [5, 5.41) is 69.0. The van der Waals surface area contributed by atoms with Gasteiger partial charge in [-0.1, -0.05) is 89.6 Å². The van der Waals surface area contributed by atoms with Crippen molar-refractivity contribution >= 4 is 5.97 Å². The van der Waals surface area contributed by atoms with Crippen molar-refractivity contribution in [1.82, 2.24) is 0 Å². The maximum absolute atomic E-state index is 10.8. The van der Waals surface area contributed by atoms with E-state index in [-0.39, 0.29) is 31.8 Å². The van der Waals surface area contributed by atoms with Gasteiger partial charge in [0.2, 0.25) is 0 Å². The van der Waals surface area contributed by atoms with Crippen molar-refractivity contribution in [3.8, 4) is 0 Å². The topological polar surface area (TPSA) is 159 Å². The van der Waals surface area contributed by atoms with Gasteiger partial charge in [0.15, 0.2) is 0 Å². The van der Waals surface area contributed by atoms with Gasteiger partial charge in [-0.3, -0.25) is 4.79 Å². The molecular formula is C34H58O8. The van der Waals surface area contributed by atoms with Gasteiger partial charge in [-0.25, -0.2) is 0 Å². The first kappa shape index (κ1) is 39.9. The quantitative estimate of drug-likeness (QED) is 0.0702. The van der Waals surface area contributed by atoms with Crippen molar-refractivity contribution in [3.05, 3.63) is 59.8 Å². The van der Waals surface area contributed by atoms with E-state index < -0.39 is 42.9 Å². The molecule has 0 heterocycles. The zero-order chi connectivity index (χ0) is 32.2. The standard InChI is InChI=1S/C34H58O8/c1-7-23(2)16-24(3)17-25(4)18-28(22-35)19-27(6)34(42)26(5)14-15-30(37)12-8-10-29(36)11-9-13-31(38)20-32(39)21-33(40)41/h8-10,13-15,18-19,23-26,29-32,34-39,42H,7,11-12,16-17,20-22H2,1-6H3,(H,40,41)/b10-8+,13-9+,15-14+,27-19+,28-18+. The second-order valence-electron chi connectivity index (χ2n) is 12.1. The van der Waals surface area contributed by atoms with Gasteiger partial charge in [0.25, 0.3) is 0 Å². The van der Waals surface area contributed by atoms with Crippen LogP contribution in [0.25, 0.3) is 0 Å². The average molecular weight is 595 g/mol. The molecule has 9 atom stereocenters. The SMILES string of the molecule is CCC(C)CC(C)CC(C)/C=C(\C=C(/C)C(O)C(C)/C=C/C(O)C/C=C/C(O)C/C=C/C(O)CC(O)CC(=O)O)CO. The maximum Gasteiger partial charge on any atom is 0.305 e. The second kappa shape index (κ2) is 22.5. The minimum Gasteiger partial charge on any atom is -0.481 e. The summed E-state index contributed by atoms with van der Waals surface area (Å²) in [6.07, 6.45) is 12.2. The summed E-state index contributed by atoms with van der Waals surface area (Å²) in [5.74, 6) is 0.224. The summed E-state index contributed by atoms with van der Waals surface area (Å²) < 4.78 is 0. The fourth-order valence-corrected chi connectivity index (χ4v) is 4.92. The molecule has 0 spiro atoms. The predicted molar refractivity (Wildman–Crippen MR) is 169 cm³/mol. The zero-order valence-corrected chi connectivity index (χ0v) is 26.5. The third-order valence-corrected chi connectivity index (χ3v) is 7.37. The summed E-state index contributed by atoms with van der Waals surface area (Å²) in [6, 6.07) is 0. The van der Waals surface area contributed by atoms with Crippen LogP contribution in [0.15, 0.2) is 59.8 Å². The molecule has 0 rings (SSSR count). The summed E-state index contributed by atoms with van der Waals surface area (Å²) >= 11 is 0. The van der Waals surface area contributed by atoms with Crippen LogP contribution >= 0.6 is 0 Å². The number of hydrogen-bond acceptors (Lipinski definition) is 7. The number of aliphatic hydroxyl groups excluding tert-OH is 6. The Kier molecular flexibility index (Phi) is 21.4. The van der Waals surface area contributed by atoms with Gasteiger partial charge in [0.05, 0.1) is 43.5 Å². The average Bonchev–Trinajstić information content (AvgIpc) is 2.89. The lowest BCUT2D eigenvalue weighted by Gasteiger charge is -2.19. The van der Waals surface area contributed by atoms with Crippen LogP contribution < -0.4 is 0 Å². The lowest BCUT2D eigenvalue weighted by molar-refractivity contribution is -0.139. The molecular weight excluding hydrogens is 536 g/mol. The summed E-state index contributed by atoms with van der Waals surface area (Å²) in [7, 11) is 0. The van der Waals surface area contributed by atoms with Crippen LogP contribution in [-0.4, -0.2) is 78.8 Å². The van der Waals surface area contributed by atoms with E-state index in [0.717, 1.165) is 17.6 Å². The van der Waals surface area contributed by atoms with Gasteiger partial charge >= 0.3 is 5.97 Å². The van der Waals surface area contributed by atoms with Crippen molar-refractivity contribution in [1.29, 1.82) is 0 Å². The fraction of sp³-hybridized carbons (Fsp3) is 0.676. The largest absolute Gasteiger partial charge is 0.481 e. The van der Waals surface area contributed by atoms with Crippen LogP contribution in [-0.2, 0) is 4.79 Å². The number of carboxylic acids is 1. The Bertz CT molecular complexity index is 890. The van der Waals surface area contributed by atoms with Crippen LogP contribution in [0.1, 0.15) is 86.5 Å². The molecule has 0 fully saturated rings. The number of allylic oxidation sites excluding steroid dienone is 1. The first-order valence-electron chi connectivity index (χ1n) is 15.3. The molecule has 0 amide bonds. The zero-order valence-electron chi connectivity index (χ0n) is 26.5. The number of aliphatic carboxylic acids is 1. The van der Waals surface area contributed by atoms with Gasteiger partial charge in [0.1, 0.15) is 0 Å². The monoisotopic (exact) mass is 594 g/mol. The molecule has 7 N–H and O–H groups in total. The fourth-order valence-electron chi connectivity index (χ4n) is 4.92. The molecule has 0 aromatic heterocycles. The first-order valence-corrected chi connectivity index (χ1v) is 15.3. The lowest BCUT2D eigenvalue weighted by atomic mass is 9.87. The number of carbonyl (C=O) groups is 1. The second-order valence-corrected chi connectivity index (χ2v) is 12.1. The van der Waals surface area contributed by atoms with E-state index in [2.05, 4.69) is 33.8 Å². The van der Waals surface area contributed by atoms with Crippen LogP contribution in [0.3, 0.4) is 0 Å². The molecule has 9 unspecified atom stereocenters. The van der Waals surface area contributed by atoms with Crippen LogP contribution in [0.2, 0.25) is 0 Å². The van der Waals surface area contributed by atoms with Crippen molar-refractivity contribution < 1.29 is 40.5 Å². The number of aliphatic hydroxyl groups is 6. The van der Waals surface area contributed by atoms with Crippen LogP contribution in [0.5, 0.6) is 0 Å². The summed E-state index contributed by atoms with van der Waals surface area (Å²) in [5.41, 5.74) is 1.52. The lowest BCUT2D eigenvalue weighted by Crippen LogP contribution is -2.19. The van der Waals surface area contributed by atoms with Crippen molar-refractivity contribution in [2.24, 2.45) is 23.7 Å². The van der Waals surface area contributed by atoms with Crippen molar-refractivity contribution in [2.75, 3.05) is 6.61 Å². The van der Waals surface area contributed by atoms with E-state index in [4.69, 9.17) is 5.11 Å². The van der Waals surface area contributed by atoms with Crippen molar-refractivity contribution in [2.45, 2.75) is 117 Å². The molecule has 0 aliphatic rings. The maximum atomic E-state index is 10.8. The Balaban J connectivity index is 4.77. The molecule has 0 aliphatic heterocycles. The van der Waals surface area contributed by atoms with E-state index in [1.807, 2.05) is 19.9 Å². The van der Waals surface area contributed by atoms with E-state index in [1.165, 1.54) is 25.0 Å². The third-order valence-electron chi connectivity index (χ3n) is 7.37. The highest BCUT2D eigenvalue weighted by Crippen LogP contribution is 2.24. The molecule has 0 saturated carbocycles. The van der Waals surface area contributed by atoms with E-state index >= 15 is 0 Å². The summed E-state index contributed by atoms with van der Waals surface area (Å²) in [6.45, 7) is 12.5. The first-order chi connectivity index (χ1) is 19.7. The Morgan fingerprint density at radius 3 is 1.88 bits per heavy atom. The van der Waals surface area contributed by atoms with Gasteiger partial charge < -0.3 is 35.7 Å². The minimum absolute atomic E-state index is 0.0957. The number of hydrogen-bond donors (Lipinski definition) is 7. The molecule has 0 bridgehead atoms. The van der Waals surface area contributed by atoms with E-state index in [0.29, 0.717) is 17.8 Å². The molecule has 0 aliphatic carbocycles. The predicted octanol–water partition coefficient (Wildman–Crippen LogP) is 4.70. The van der Waals surface area contributed by atoms with Crippen molar-refractivity contribution in [3.63, 3.8) is 0 Å². The Hall–Kier alpha value is -2.07. The van der Waals surface area contributed by atoms with E-state index in [1.54, 1.807) is 24.3 Å². The molecule has 0 saturated heterocycles. The Labute approximate surface area is 253 Å². The normalized spacial score (nSPS) is 20.0. The minimum atomic E-state index is -1.15. The molecule has 0 aromatic rings. The van der Waals surface area contributed by atoms with Crippen LogP contribution in [0.4, 0.5) is 0 Å². The smallest absolute Gasteiger partial charge is 0.305 e. The van der Waals surface area contributed by atoms with Gasteiger partial charge in [0, 0.05) is 12.3 Å². The molecule has 0 aromatic carbocycles. The molecule has 242 valence electrons. The Morgan fingerprint density at radius 1 is 0.762 bits per heavy atom. The molecule has 42 heavy (non-hydrogen) atoms. The molecule has 0 radical (unpaired) electrons. The number of rotatable bonds is 22. The van der Waals surface area contributed by atoms with Gasteiger partial charge in [-0.05, 0) is 61.5 Å². The third kappa shape index (κ3) is 19.9. The highest BCUT2D eigenvalue weighted by atomic mass is 16.4. The van der Waals surface area contributed by atoms with Gasteiger partial charge in [-0.2, -0.15) is 0 Å². The molecule has 8 nitrogen and oxygen atoms in total. The van der Waals surface area contributed by atoms with E-state index in [9.17, 15) is 35.4 Å².